The van der Waals surface area contributed by atoms with Gasteiger partial charge in [-0.15, -0.1) is 0 Å². The Balaban J connectivity index is 1.91. The first-order valence-corrected chi connectivity index (χ1v) is 14.7. The maximum absolute atomic E-state index is 9.17. The number of hydrogen-bond donors (Lipinski definition) is 0. The van der Waals surface area contributed by atoms with Gasteiger partial charge in [0.25, 0.3) is 0 Å². The van der Waals surface area contributed by atoms with Crippen LogP contribution in [0.5, 0.6) is 0 Å². The van der Waals surface area contributed by atoms with Gasteiger partial charge in [-0.2, -0.15) is 0 Å². The number of aryl methyl sites for hydroxylation is 1. The van der Waals surface area contributed by atoms with Crippen LogP contribution < -0.4 is 15.9 Å². The van der Waals surface area contributed by atoms with Crippen LogP contribution in [0.15, 0.2) is 115 Å². The van der Waals surface area contributed by atoms with E-state index in [-0.39, 0.29) is 5.92 Å². The van der Waals surface area contributed by atoms with Crippen LogP contribution in [-0.4, -0.2) is 0 Å². The Morgan fingerprint density at radius 2 is 1.15 bits per heavy atom. The van der Waals surface area contributed by atoms with Crippen molar-refractivity contribution < 1.29 is 0 Å². The molecule has 0 radical (unpaired) electrons. The molecular weight excluding hydrogens is 441 g/mol. The topological polar surface area (TPSA) is 23.8 Å². The summed E-state index contributed by atoms with van der Waals surface area (Å²) in [6, 6.07) is 42.9. The molecule has 1 atom stereocenters. The van der Waals surface area contributed by atoms with E-state index in [0.29, 0.717) is 0 Å². The van der Waals surface area contributed by atoms with Crippen molar-refractivity contribution >= 4 is 33.1 Å². The monoisotopic (exact) mass is 469 g/mol. The maximum atomic E-state index is 9.17. The number of rotatable bonds is 8. The van der Waals surface area contributed by atoms with Crippen LogP contribution in [0.2, 0.25) is 0 Å². The van der Waals surface area contributed by atoms with Crippen molar-refractivity contribution in [2.45, 2.75) is 25.9 Å². The van der Waals surface area contributed by atoms with Gasteiger partial charge in [0.15, 0.2) is 0 Å². The number of nitriles is 1. The summed E-state index contributed by atoms with van der Waals surface area (Å²) in [6.07, 6.45) is 2.48. The normalized spacial score (nSPS) is 13.4. The molecule has 0 N–H and O–H groups in total. The van der Waals surface area contributed by atoms with Gasteiger partial charge in [-0.3, -0.25) is 0 Å². The van der Waals surface area contributed by atoms with Gasteiger partial charge in [0.1, 0.15) is 0 Å². The van der Waals surface area contributed by atoms with E-state index in [0.717, 1.165) is 19.0 Å². The summed E-state index contributed by atoms with van der Waals surface area (Å²) in [5.74, 6) is -3.28. The SMILES string of the molecule is CC(C#N)CCc1cccc(CP(Cl)(c2ccccc2)(c2ccccc2)c2ccccc2)c1. The fourth-order valence-electron chi connectivity index (χ4n) is 4.61. The molecule has 4 rings (SSSR count). The minimum absolute atomic E-state index is 0.0545. The second kappa shape index (κ2) is 9.93. The molecule has 0 amide bonds. The summed E-state index contributed by atoms with van der Waals surface area (Å²) in [5.41, 5.74) is 2.48. The molecule has 0 fully saturated rings. The van der Waals surface area contributed by atoms with E-state index in [1.165, 1.54) is 27.0 Å². The summed E-state index contributed by atoms with van der Waals surface area (Å²) >= 11 is 8.20. The molecule has 0 heterocycles. The molecule has 33 heavy (non-hydrogen) atoms. The zero-order chi connectivity index (χ0) is 23.2. The fourth-order valence-corrected chi connectivity index (χ4v) is 10.7. The average molecular weight is 470 g/mol. The van der Waals surface area contributed by atoms with Crippen LogP contribution in [0.1, 0.15) is 24.5 Å². The van der Waals surface area contributed by atoms with E-state index in [2.05, 4.69) is 121 Å². The molecule has 1 unspecified atom stereocenters. The molecule has 3 heteroatoms. The Bertz CT molecular complexity index is 1130. The summed E-state index contributed by atoms with van der Waals surface area (Å²) in [4.78, 5) is 0. The fraction of sp³-hybridized carbons (Fsp3) is 0.167. The second-order valence-corrected chi connectivity index (χ2v) is 15.2. The van der Waals surface area contributed by atoms with Gasteiger partial charge in [-0.1, -0.05) is 0 Å². The molecule has 4 aromatic carbocycles. The molecule has 166 valence electrons. The number of halogens is 1. The summed E-state index contributed by atoms with van der Waals surface area (Å²) in [6.45, 7) is 1.98. The van der Waals surface area contributed by atoms with Crippen molar-refractivity contribution in [3.05, 3.63) is 126 Å². The first-order chi connectivity index (χ1) is 16.0. The zero-order valence-electron chi connectivity index (χ0n) is 18.9. The van der Waals surface area contributed by atoms with Gasteiger partial charge in [0.2, 0.25) is 0 Å². The Hall–Kier alpha value is -2.91. The third kappa shape index (κ3) is 4.60. The predicted octanol–water partition coefficient (Wildman–Crippen LogP) is 6.96. The predicted molar refractivity (Wildman–Crippen MR) is 144 cm³/mol. The second-order valence-electron chi connectivity index (χ2n) is 8.74. The van der Waals surface area contributed by atoms with Gasteiger partial charge in [-0.05, 0) is 0 Å². The van der Waals surface area contributed by atoms with Gasteiger partial charge < -0.3 is 0 Å². The zero-order valence-corrected chi connectivity index (χ0v) is 20.6. The van der Waals surface area contributed by atoms with E-state index in [1.807, 2.05) is 6.92 Å². The molecule has 0 aliphatic heterocycles. The van der Waals surface area contributed by atoms with Crippen molar-refractivity contribution in [2.75, 3.05) is 0 Å². The van der Waals surface area contributed by atoms with Crippen LogP contribution in [-0.2, 0) is 12.6 Å². The Morgan fingerprint density at radius 1 is 0.697 bits per heavy atom. The van der Waals surface area contributed by atoms with E-state index in [4.69, 9.17) is 11.2 Å². The van der Waals surface area contributed by atoms with Crippen LogP contribution >= 0.6 is 17.2 Å². The first-order valence-electron chi connectivity index (χ1n) is 11.4. The van der Waals surface area contributed by atoms with E-state index in [1.54, 1.807) is 0 Å². The van der Waals surface area contributed by atoms with Crippen molar-refractivity contribution in [2.24, 2.45) is 5.92 Å². The molecule has 0 bridgehead atoms. The van der Waals surface area contributed by atoms with Crippen LogP contribution in [0.4, 0.5) is 0 Å². The third-order valence-electron chi connectivity index (χ3n) is 6.44. The van der Waals surface area contributed by atoms with Crippen molar-refractivity contribution in [1.82, 2.24) is 0 Å². The average Bonchev–Trinajstić information content (AvgIpc) is 2.89. The number of nitrogens with zero attached hydrogens (tertiary/aromatic N) is 1. The van der Waals surface area contributed by atoms with Gasteiger partial charge in [0, 0.05) is 0 Å². The van der Waals surface area contributed by atoms with Crippen molar-refractivity contribution in [3.63, 3.8) is 0 Å². The van der Waals surface area contributed by atoms with Crippen LogP contribution in [0.25, 0.3) is 0 Å². The van der Waals surface area contributed by atoms with Crippen LogP contribution in [0, 0.1) is 17.2 Å². The molecule has 0 aliphatic carbocycles. The van der Waals surface area contributed by atoms with Gasteiger partial charge in [0.05, 0.1) is 0 Å². The van der Waals surface area contributed by atoms with Crippen molar-refractivity contribution in [3.8, 4) is 6.07 Å². The quantitative estimate of drug-likeness (QED) is 0.256. The molecule has 0 spiro atoms. The van der Waals surface area contributed by atoms with E-state index < -0.39 is 5.96 Å². The Kier molecular flexibility index (Phi) is 6.99. The van der Waals surface area contributed by atoms with Crippen LogP contribution in [0.3, 0.4) is 0 Å². The minimum atomic E-state index is -3.34. The van der Waals surface area contributed by atoms with Gasteiger partial charge in [-0.25, -0.2) is 0 Å². The molecule has 0 aliphatic rings. The molecule has 0 aromatic heterocycles. The molecule has 1 nitrogen and oxygen atoms in total. The molecule has 4 aromatic rings. The first kappa shape index (κ1) is 23.3. The molecule has 0 saturated carbocycles. The molecule has 0 saturated heterocycles. The standard InChI is InChI=1S/C30H29ClNP/c1-25(23-32)20-21-26-12-11-13-27(22-26)24-33(31,28-14-5-2-6-15-28,29-16-7-3-8-17-29)30-18-9-4-10-19-30/h2-19,22,25H,20-21,24H2,1H3. The molecular formula is C30H29ClNP. The summed E-state index contributed by atoms with van der Waals surface area (Å²) in [5, 5.41) is 12.7. The Morgan fingerprint density at radius 3 is 1.61 bits per heavy atom. The summed E-state index contributed by atoms with van der Waals surface area (Å²) < 4.78 is 0. The third-order valence-corrected chi connectivity index (χ3v) is 13.6. The van der Waals surface area contributed by atoms with Crippen molar-refractivity contribution in [1.29, 1.82) is 5.26 Å². The number of benzene rings is 4. The van der Waals surface area contributed by atoms with E-state index >= 15 is 0 Å². The van der Waals surface area contributed by atoms with E-state index in [9.17, 15) is 5.26 Å². The summed E-state index contributed by atoms with van der Waals surface area (Å²) in [7, 11) is 0. The van der Waals surface area contributed by atoms with Gasteiger partial charge >= 0.3 is 203 Å². The Labute approximate surface area is 202 Å². The number of hydrogen-bond acceptors (Lipinski definition) is 1.